The van der Waals surface area contributed by atoms with E-state index in [2.05, 4.69) is 48.0 Å². The van der Waals surface area contributed by atoms with Gasteiger partial charge in [-0.1, -0.05) is 66.2 Å². The van der Waals surface area contributed by atoms with Gasteiger partial charge in [-0.25, -0.2) is 0 Å². The third kappa shape index (κ3) is 10.2. The summed E-state index contributed by atoms with van der Waals surface area (Å²) in [6.07, 6.45) is 9.14. The number of benzene rings is 4. The van der Waals surface area contributed by atoms with E-state index >= 15 is 0 Å². The standard InChI is InChI=1S/C22H24O3.C11H11BrO.C11H14O2/c1-14-6-7-16(13-20(14)24-5)15(2)21(23)18-8-9-19-17(12-18)10-11-22(3,4)25-19;1-11(2)6-5-8-7-9(12)3-4-10(8)13-11;1-8-4-5-10(9(2)7-12)6-11(8)13-3/h6-13,15H,1-5H3;3-7H,1-2H3;4-7,9H,1-3H3/t15-;;9-/m0.1/s1. The minimum absolute atomic E-state index is 0.0606. The van der Waals surface area contributed by atoms with Crippen LogP contribution in [0.2, 0.25) is 0 Å². The fourth-order valence-electron chi connectivity index (χ4n) is 5.59. The fraction of sp³-hybridized carbons (Fsp3) is 0.318. The number of Topliss-reactive ketones (excluding diaryl/α,β-unsaturated/α-hetero) is 1. The molecule has 0 bridgehead atoms. The van der Waals surface area contributed by atoms with Crippen LogP contribution < -0.4 is 18.9 Å². The van der Waals surface area contributed by atoms with Crippen LogP contribution in [0.1, 0.15) is 97.1 Å². The number of ketones is 1. The monoisotopic (exact) mass is 752 g/mol. The van der Waals surface area contributed by atoms with Crippen molar-refractivity contribution in [3.63, 3.8) is 0 Å². The maximum Gasteiger partial charge on any atom is 0.170 e. The molecule has 2 aliphatic rings. The molecule has 0 amide bonds. The number of hydrogen-bond donors (Lipinski definition) is 0. The Bertz CT molecular complexity index is 1940. The van der Waals surface area contributed by atoms with Gasteiger partial charge < -0.3 is 23.7 Å². The van der Waals surface area contributed by atoms with Crippen molar-refractivity contribution in [2.45, 2.75) is 78.4 Å². The summed E-state index contributed by atoms with van der Waals surface area (Å²) in [4.78, 5) is 23.5. The molecule has 51 heavy (non-hydrogen) atoms. The minimum atomic E-state index is -0.315. The molecule has 0 unspecified atom stereocenters. The predicted octanol–water partition coefficient (Wildman–Crippen LogP) is 11.1. The summed E-state index contributed by atoms with van der Waals surface area (Å²) in [6.45, 7) is 15.9. The van der Waals surface area contributed by atoms with Gasteiger partial charge in [-0.3, -0.25) is 4.79 Å². The van der Waals surface area contributed by atoms with E-state index in [1.165, 1.54) is 0 Å². The molecule has 0 saturated heterocycles. The topological polar surface area (TPSA) is 71.1 Å². The molecule has 0 saturated carbocycles. The summed E-state index contributed by atoms with van der Waals surface area (Å²) in [5.41, 5.74) is 6.38. The molecular weight excluding hydrogens is 704 g/mol. The lowest BCUT2D eigenvalue weighted by Crippen LogP contribution is -2.27. The Labute approximate surface area is 311 Å². The van der Waals surface area contributed by atoms with Gasteiger partial charge in [-0.2, -0.15) is 0 Å². The molecule has 4 aromatic rings. The molecule has 0 aromatic heterocycles. The number of halogens is 1. The Morgan fingerprint density at radius 1 is 0.706 bits per heavy atom. The van der Waals surface area contributed by atoms with Crippen molar-refractivity contribution in [1.29, 1.82) is 0 Å². The van der Waals surface area contributed by atoms with E-state index in [1.54, 1.807) is 14.2 Å². The SMILES string of the molecule is CC1(C)C=Cc2cc(Br)ccc2O1.COc1cc([C@H](C)C(=O)c2ccc3c(c2)C=CC(C)(C)O3)ccc1C.COc1cc([C@H](C)C=O)ccc1C. The molecule has 6 nitrogen and oxygen atoms in total. The van der Waals surface area contributed by atoms with Gasteiger partial charge in [0.05, 0.1) is 14.2 Å². The van der Waals surface area contributed by atoms with Crippen molar-refractivity contribution in [3.05, 3.63) is 128 Å². The molecular formula is C44H49BrO6. The van der Waals surface area contributed by atoms with Crippen LogP contribution in [-0.4, -0.2) is 37.5 Å². The van der Waals surface area contributed by atoms with Crippen molar-refractivity contribution in [2.75, 3.05) is 14.2 Å². The Hall–Kier alpha value is -4.62. The molecule has 7 heteroatoms. The molecule has 2 aliphatic heterocycles. The molecule has 0 N–H and O–H groups in total. The van der Waals surface area contributed by atoms with Gasteiger partial charge in [0, 0.05) is 33.0 Å². The maximum atomic E-state index is 12.9. The summed E-state index contributed by atoms with van der Waals surface area (Å²) < 4.78 is 23.3. The highest BCUT2D eigenvalue weighted by molar-refractivity contribution is 9.10. The lowest BCUT2D eigenvalue weighted by atomic mass is 9.90. The average molecular weight is 754 g/mol. The van der Waals surface area contributed by atoms with E-state index < -0.39 is 0 Å². The third-order valence-corrected chi connectivity index (χ3v) is 9.32. The number of hydrogen-bond acceptors (Lipinski definition) is 6. The van der Waals surface area contributed by atoms with E-state index in [1.807, 2.05) is 120 Å². The largest absolute Gasteiger partial charge is 0.496 e. The molecule has 2 heterocycles. The highest BCUT2D eigenvalue weighted by Gasteiger charge is 2.24. The van der Waals surface area contributed by atoms with Crippen molar-refractivity contribution in [1.82, 2.24) is 0 Å². The highest BCUT2D eigenvalue weighted by Crippen LogP contribution is 2.34. The van der Waals surface area contributed by atoms with E-state index in [4.69, 9.17) is 18.9 Å². The zero-order valence-electron chi connectivity index (χ0n) is 31.3. The van der Waals surface area contributed by atoms with Crippen molar-refractivity contribution >= 4 is 40.2 Å². The van der Waals surface area contributed by atoms with Crippen LogP contribution in [0.4, 0.5) is 0 Å². The number of ether oxygens (including phenoxy) is 4. The summed E-state index contributed by atoms with van der Waals surface area (Å²) in [6, 6.07) is 23.4. The Kier molecular flexibility index (Phi) is 12.7. The number of methoxy groups -OCH3 is 2. The van der Waals surface area contributed by atoms with Crippen LogP contribution in [0.5, 0.6) is 23.0 Å². The number of carbonyl (C=O) groups excluding carboxylic acids is 2. The molecule has 4 aromatic carbocycles. The number of rotatable bonds is 7. The number of carbonyl (C=O) groups is 2. The van der Waals surface area contributed by atoms with Gasteiger partial charge in [0.25, 0.3) is 0 Å². The first-order valence-corrected chi connectivity index (χ1v) is 17.8. The van der Waals surface area contributed by atoms with E-state index in [0.717, 1.165) is 67.1 Å². The number of aldehydes is 1. The smallest absolute Gasteiger partial charge is 0.170 e. The predicted molar refractivity (Wildman–Crippen MR) is 211 cm³/mol. The van der Waals surface area contributed by atoms with Crippen LogP contribution in [-0.2, 0) is 4.79 Å². The first-order valence-electron chi connectivity index (χ1n) is 17.0. The van der Waals surface area contributed by atoms with Crippen molar-refractivity contribution < 1.29 is 28.5 Å². The Morgan fingerprint density at radius 3 is 1.73 bits per heavy atom. The van der Waals surface area contributed by atoms with Gasteiger partial charge in [-0.15, -0.1) is 0 Å². The van der Waals surface area contributed by atoms with Crippen LogP contribution in [0.3, 0.4) is 0 Å². The quantitative estimate of drug-likeness (QED) is 0.138. The van der Waals surface area contributed by atoms with Crippen LogP contribution in [0.25, 0.3) is 12.2 Å². The van der Waals surface area contributed by atoms with Gasteiger partial charge >= 0.3 is 0 Å². The molecule has 0 spiro atoms. The molecule has 2 atom stereocenters. The van der Waals surface area contributed by atoms with Gasteiger partial charge in [0.1, 0.15) is 40.5 Å². The lowest BCUT2D eigenvalue weighted by molar-refractivity contribution is -0.108. The average Bonchev–Trinajstić information content (AvgIpc) is 3.11. The third-order valence-electron chi connectivity index (χ3n) is 8.83. The lowest BCUT2D eigenvalue weighted by Gasteiger charge is -2.28. The first kappa shape index (κ1) is 39.2. The molecule has 0 radical (unpaired) electrons. The summed E-state index contributed by atoms with van der Waals surface area (Å²) in [5, 5.41) is 0. The van der Waals surface area contributed by atoms with Crippen LogP contribution in [0, 0.1) is 13.8 Å². The van der Waals surface area contributed by atoms with E-state index in [9.17, 15) is 9.59 Å². The summed E-state index contributed by atoms with van der Waals surface area (Å²) in [7, 11) is 3.29. The second-order valence-electron chi connectivity index (χ2n) is 14.0. The maximum absolute atomic E-state index is 12.9. The second-order valence-corrected chi connectivity index (χ2v) is 14.9. The van der Waals surface area contributed by atoms with Crippen LogP contribution >= 0.6 is 15.9 Å². The van der Waals surface area contributed by atoms with Gasteiger partial charge in [0.2, 0.25) is 0 Å². The first-order chi connectivity index (χ1) is 24.1. The van der Waals surface area contributed by atoms with E-state index in [-0.39, 0.29) is 28.8 Å². The normalized spacial score (nSPS) is 15.4. The molecule has 268 valence electrons. The van der Waals surface area contributed by atoms with Gasteiger partial charge in [-0.05, 0) is 124 Å². The van der Waals surface area contributed by atoms with E-state index in [0.29, 0.717) is 5.56 Å². The highest BCUT2D eigenvalue weighted by atomic mass is 79.9. The van der Waals surface area contributed by atoms with Crippen molar-refractivity contribution in [3.8, 4) is 23.0 Å². The number of aryl methyl sites for hydroxylation is 2. The molecule has 6 rings (SSSR count). The van der Waals surface area contributed by atoms with Crippen LogP contribution in [0.15, 0.2) is 89.4 Å². The Balaban J connectivity index is 0.000000189. The number of fused-ring (bicyclic) bond motifs is 2. The fourth-order valence-corrected chi connectivity index (χ4v) is 5.97. The van der Waals surface area contributed by atoms with Gasteiger partial charge in [0.15, 0.2) is 5.78 Å². The summed E-state index contributed by atoms with van der Waals surface area (Å²) >= 11 is 3.43. The summed E-state index contributed by atoms with van der Waals surface area (Å²) in [5.74, 6) is 3.20. The second kappa shape index (κ2) is 16.6. The molecule has 0 fully saturated rings. The molecule has 0 aliphatic carbocycles. The Morgan fingerprint density at radius 2 is 1.20 bits per heavy atom. The van der Waals surface area contributed by atoms with Crippen molar-refractivity contribution in [2.24, 2.45) is 0 Å². The zero-order chi connectivity index (χ0) is 37.5. The zero-order valence-corrected chi connectivity index (χ0v) is 32.9. The minimum Gasteiger partial charge on any atom is -0.496 e.